The van der Waals surface area contributed by atoms with E-state index in [1.165, 1.54) is 19.3 Å². The molecule has 0 spiro atoms. The molecule has 1 rings (SSSR count). The summed E-state index contributed by atoms with van der Waals surface area (Å²) in [4.78, 5) is 11.0. The lowest BCUT2D eigenvalue weighted by Gasteiger charge is -2.27. The highest BCUT2D eigenvalue weighted by Gasteiger charge is 2.27. The molecule has 2 atom stereocenters. The van der Waals surface area contributed by atoms with E-state index in [4.69, 9.17) is 4.74 Å². The quantitative estimate of drug-likeness (QED) is 0.345. The average Bonchev–Trinajstić information content (AvgIpc) is 2.11. The van der Waals surface area contributed by atoms with E-state index >= 15 is 0 Å². The van der Waals surface area contributed by atoms with Gasteiger partial charge in [0.25, 0.3) is 0 Å². The van der Waals surface area contributed by atoms with Crippen LogP contribution in [0.15, 0.2) is 0 Å². The number of cyclic esters (lactones) is 1. The van der Waals surface area contributed by atoms with Crippen LogP contribution in [0.3, 0.4) is 0 Å². The Morgan fingerprint density at radius 3 is 3.00 bits per heavy atom. The molecule has 1 aliphatic heterocycles. The van der Waals surface area contributed by atoms with E-state index in [9.17, 15) is 4.79 Å². The van der Waals surface area contributed by atoms with Crippen LogP contribution in [0.2, 0.25) is 0 Å². The molecule has 0 aromatic carbocycles. The Hall–Kier alpha value is 0.200. The Bertz CT molecular complexity index is 170. The van der Waals surface area contributed by atoms with Gasteiger partial charge < -0.3 is 4.74 Å². The van der Waals surface area contributed by atoms with Gasteiger partial charge in [0.15, 0.2) is 0 Å². The van der Waals surface area contributed by atoms with E-state index in [-0.39, 0.29) is 12.1 Å². The van der Waals surface area contributed by atoms with E-state index in [1.807, 2.05) is 0 Å². The molecule has 0 aliphatic carbocycles. The van der Waals surface area contributed by atoms with Gasteiger partial charge >= 0.3 is 5.97 Å². The molecule has 1 aliphatic rings. The van der Waals surface area contributed by atoms with Crippen LogP contribution in [0.5, 0.6) is 0 Å². The molecule has 3 heteroatoms. The molecule has 1 saturated heterocycles. The van der Waals surface area contributed by atoms with Crippen molar-refractivity contribution in [2.24, 2.45) is 0 Å². The van der Waals surface area contributed by atoms with Crippen LogP contribution < -0.4 is 0 Å². The fourth-order valence-electron chi connectivity index (χ4n) is 1.58. The van der Waals surface area contributed by atoms with Gasteiger partial charge in [-0.2, -0.15) is 0 Å². The maximum Gasteiger partial charge on any atom is 0.306 e. The predicted molar refractivity (Wildman–Crippen MR) is 61.1 cm³/mol. The SMILES string of the molecule is CCCCC[C@@H]1OC(=O)CC[C@H]1I. The van der Waals surface area contributed by atoms with Crippen molar-refractivity contribution in [1.29, 1.82) is 0 Å². The summed E-state index contributed by atoms with van der Waals surface area (Å²) in [5.74, 6) is -0.00517. The molecule has 76 valence electrons. The van der Waals surface area contributed by atoms with Crippen LogP contribution in [-0.2, 0) is 9.53 Å². The Morgan fingerprint density at radius 1 is 1.54 bits per heavy atom. The first-order valence-corrected chi connectivity index (χ1v) is 6.32. The summed E-state index contributed by atoms with van der Waals surface area (Å²) in [7, 11) is 0. The molecule has 2 nitrogen and oxygen atoms in total. The monoisotopic (exact) mass is 296 g/mol. The predicted octanol–water partition coefficient (Wildman–Crippen LogP) is 3.08. The first kappa shape index (κ1) is 11.3. The zero-order chi connectivity index (χ0) is 9.68. The Morgan fingerprint density at radius 2 is 2.31 bits per heavy atom. The number of carbonyl (C=O) groups is 1. The minimum Gasteiger partial charge on any atom is -0.461 e. The molecule has 0 unspecified atom stereocenters. The van der Waals surface area contributed by atoms with E-state index in [0.29, 0.717) is 10.3 Å². The first-order chi connectivity index (χ1) is 6.24. The molecule has 0 bridgehead atoms. The Kier molecular flexibility index (Phi) is 5.06. The highest BCUT2D eigenvalue weighted by molar-refractivity contribution is 14.1. The second kappa shape index (κ2) is 5.83. The van der Waals surface area contributed by atoms with Gasteiger partial charge in [-0.1, -0.05) is 42.4 Å². The van der Waals surface area contributed by atoms with Gasteiger partial charge in [-0.25, -0.2) is 0 Å². The lowest BCUT2D eigenvalue weighted by atomic mass is 10.0. The lowest BCUT2D eigenvalue weighted by Crippen LogP contribution is -2.32. The number of hydrogen-bond acceptors (Lipinski definition) is 2. The molecule has 1 fully saturated rings. The molecule has 0 aromatic heterocycles. The van der Waals surface area contributed by atoms with Gasteiger partial charge in [-0.3, -0.25) is 4.79 Å². The number of rotatable bonds is 4. The van der Waals surface area contributed by atoms with Crippen molar-refractivity contribution in [2.45, 2.75) is 55.5 Å². The summed E-state index contributed by atoms with van der Waals surface area (Å²) in [5.41, 5.74) is 0. The van der Waals surface area contributed by atoms with Crippen LogP contribution in [0.1, 0.15) is 45.4 Å². The summed E-state index contributed by atoms with van der Waals surface area (Å²) < 4.78 is 5.83. The summed E-state index contributed by atoms with van der Waals surface area (Å²) in [6.45, 7) is 2.19. The zero-order valence-electron chi connectivity index (χ0n) is 8.09. The summed E-state index contributed by atoms with van der Waals surface area (Å²) in [6, 6.07) is 0. The van der Waals surface area contributed by atoms with Crippen molar-refractivity contribution < 1.29 is 9.53 Å². The third kappa shape index (κ3) is 3.83. The van der Waals surface area contributed by atoms with Crippen molar-refractivity contribution in [3.8, 4) is 0 Å². The smallest absolute Gasteiger partial charge is 0.306 e. The largest absolute Gasteiger partial charge is 0.461 e. The molecule has 0 radical (unpaired) electrons. The van der Waals surface area contributed by atoms with Gasteiger partial charge in [0, 0.05) is 10.3 Å². The van der Waals surface area contributed by atoms with Gasteiger partial charge in [-0.15, -0.1) is 0 Å². The van der Waals surface area contributed by atoms with Crippen LogP contribution >= 0.6 is 22.6 Å². The Balaban J connectivity index is 2.25. The highest BCUT2D eigenvalue weighted by Crippen LogP contribution is 2.26. The fraction of sp³-hybridized carbons (Fsp3) is 0.900. The summed E-state index contributed by atoms with van der Waals surface area (Å²) in [5, 5.41) is 0. The van der Waals surface area contributed by atoms with Gasteiger partial charge in [0.05, 0.1) is 0 Å². The van der Waals surface area contributed by atoms with Crippen LogP contribution in [-0.4, -0.2) is 16.0 Å². The number of hydrogen-bond donors (Lipinski definition) is 0. The van der Waals surface area contributed by atoms with Gasteiger partial charge in [0.1, 0.15) is 6.10 Å². The number of esters is 1. The maximum absolute atomic E-state index is 11.0. The van der Waals surface area contributed by atoms with Crippen molar-refractivity contribution in [1.82, 2.24) is 0 Å². The molecule has 0 N–H and O–H groups in total. The van der Waals surface area contributed by atoms with Crippen molar-refractivity contribution in [2.75, 3.05) is 0 Å². The molecule has 0 aromatic rings. The van der Waals surface area contributed by atoms with Crippen LogP contribution in [0.4, 0.5) is 0 Å². The normalized spacial score (nSPS) is 28.6. The van der Waals surface area contributed by atoms with Crippen LogP contribution in [0, 0.1) is 0 Å². The molecule has 0 amide bonds. The standard InChI is InChI=1S/C10H17IO2/c1-2-3-4-5-9-8(11)6-7-10(12)13-9/h8-9H,2-7H2,1H3/t8-,9+/m1/s1. The third-order valence-corrected chi connectivity index (χ3v) is 3.83. The molecule has 13 heavy (non-hydrogen) atoms. The maximum atomic E-state index is 11.0. The zero-order valence-corrected chi connectivity index (χ0v) is 10.2. The second-order valence-corrected chi connectivity index (χ2v) is 5.18. The number of unbranched alkanes of at least 4 members (excludes halogenated alkanes) is 2. The Labute approximate surface area is 93.6 Å². The fourth-order valence-corrected chi connectivity index (χ4v) is 2.40. The first-order valence-electron chi connectivity index (χ1n) is 5.07. The molecular formula is C10H17IO2. The second-order valence-electron chi connectivity index (χ2n) is 3.58. The number of ether oxygens (including phenoxy) is 1. The van der Waals surface area contributed by atoms with E-state index in [1.54, 1.807) is 0 Å². The van der Waals surface area contributed by atoms with E-state index in [2.05, 4.69) is 29.5 Å². The van der Waals surface area contributed by atoms with Crippen molar-refractivity contribution in [3.05, 3.63) is 0 Å². The lowest BCUT2D eigenvalue weighted by molar-refractivity contribution is -0.153. The van der Waals surface area contributed by atoms with Crippen molar-refractivity contribution in [3.63, 3.8) is 0 Å². The molecule has 1 heterocycles. The molecule has 0 saturated carbocycles. The summed E-state index contributed by atoms with van der Waals surface area (Å²) >= 11 is 2.40. The van der Waals surface area contributed by atoms with E-state index < -0.39 is 0 Å². The number of alkyl halides is 1. The van der Waals surface area contributed by atoms with Gasteiger partial charge in [0.2, 0.25) is 0 Å². The van der Waals surface area contributed by atoms with Crippen molar-refractivity contribution >= 4 is 28.6 Å². The van der Waals surface area contributed by atoms with E-state index in [0.717, 1.165) is 12.8 Å². The summed E-state index contributed by atoms with van der Waals surface area (Å²) in [6.07, 6.45) is 6.51. The average molecular weight is 296 g/mol. The minimum atomic E-state index is -0.00517. The third-order valence-electron chi connectivity index (χ3n) is 2.40. The minimum absolute atomic E-state index is 0.00517. The van der Waals surface area contributed by atoms with Crippen LogP contribution in [0.25, 0.3) is 0 Å². The number of halogens is 1. The molecular weight excluding hydrogens is 279 g/mol. The highest BCUT2D eigenvalue weighted by atomic mass is 127. The number of carbonyl (C=O) groups excluding carboxylic acids is 1. The topological polar surface area (TPSA) is 26.3 Å². The van der Waals surface area contributed by atoms with Gasteiger partial charge in [-0.05, 0) is 19.3 Å².